The number of fused-ring (bicyclic) bond motifs is 2. The summed E-state index contributed by atoms with van der Waals surface area (Å²) >= 11 is 3.43. The summed E-state index contributed by atoms with van der Waals surface area (Å²) in [6, 6.07) is 0. The third-order valence-corrected chi connectivity index (χ3v) is 5.07. The Labute approximate surface area is 100 Å². The van der Waals surface area contributed by atoms with Crippen LogP contribution in [-0.2, 0) is 4.79 Å². The predicted molar refractivity (Wildman–Crippen MR) is 64.9 cm³/mol. The molecule has 2 aliphatic rings. The second-order valence-electron chi connectivity index (χ2n) is 5.29. The van der Waals surface area contributed by atoms with Crippen molar-refractivity contribution < 1.29 is 4.79 Å². The van der Waals surface area contributed by atoms with Crippen LogP contribution in [0.3, 0.4) is 0 Å². The summed E-state index contributed by atoms with van der Waals surface area (Å²) in [5, 5.41) is 4.05. The normalized spacial score (nSPS) is 35.5. The molecular formula is C12H20BrNO. The molecule has 1 amide bonds. The van der Waals surface area contributed by atoms with E-state index in [1.165, 1.54) is 19.3 Å². The molecule has 3 heteroatoms. The van der Waals surface area contributed by atoms with E-state index in [1.807, 2.05) is 0 Å². The lowest BCUT2D eigenvalue weighted by molar-refractivity contribution is -0.126. The first-order valence-electron chi connectivity index (χ1n) is 6.04. The van der Waals surface area contributed by atoms with Gasteiger partial charge in [-0.2, -0.15) is 0 Å². The summed E-state index contributed by atoms with van der Waals surface area (Å²) in [5.74, 6) is 2.75. The van der Waals surface area contributed by atoms with Crippen molar-refractivity contribution in [2.24, 2.45) is 23.7 Å². The van der Waals surface area contributed by atoms with Crippen LogP contribution in [0, 0.1) is 23.7 Å². The van der Waals surface area contributed by atoms with Crippen LogP contribution >= 0.6 is 15.9 Å². The zero-order valence-corrected chi connectivity index (χ0v) is 10.9. The van der Waals surface area contributed by atoms with Crippen LogP contribution in [-0.4, -0.2) is 17.8 Å². The van der Waals surface area contributed by atoms with E-state index in [4.69, 9.17) is 0 Å². The number of hydrogen-bond acceptors (Lipinski definition) is 1. The number of rotatable bonds is 4. The summed E-state index contributed by atoms with van der Waals surface area (Å²) in [5.41, 5.74) is 0. The zero-order valence-electron chi connectivity index (χ0n) is 9.34. The average molecular weight is 274 g/mol. The molecule has 15 heavy (non-hydrogen) atoms. The molecule has 1 N–H and O–H groups in total. The van der Waals surface area contributed by atoms with Gasteiger partial charge in [0.1, 0.15) is 0 Å². The van der Waals surface area contributed by atoms with Crippen LogP contribution in [0.4, 0.5) is 0 Å². The van der Waals surface area contributed by atoms with Gasteiger partial charge in [0.05, 0.1) is 0 Å². The van der Waals surface area contributed by atoms with Crippen LogP contribution in [0.25, 0.3) is 0 Å². The fourth-order valence-electron chi connectivity index (χ4n) is 3.03. The van der Waals surface area contributed by atoms with Gasteiger partial charge in [0.2, 0.25) is 5.91 Å². The molecule has 4 unspecified atom stereocenters. The zero-order chi connectivity index (χ0) is 10.8. The van der Waals surface area contributed by atoms with Crippen LogP contribution < -0.4 is 5.32 Å². The van der Waals surface area contributed by atoms with Crippen molar-refractivity contribution in [2.75, 3.05) is 11.9 Å². The lowest BCUT2D eigenvalue weighted by Crippen LogP contribution is -2.36. The Morgan fingerprint density at radius 3 is 2.80 bits per heavy atom. The molecule has 0 aliphatic heterocycles. The lowest BCUT2D eigenvalue weighted by Gasteiger charge is -2.21. The topological polar surface area (TPSA) is 29.1 Å². The van der Waals surface area contributed by atoms with Crippen molar-refractivity contribution >= 4 is 21.8 Å². The fourth-order valence-corrected chi connectivity index (χ4v) is 3.26. The summed E-state index contributed by atoms with van der Waals surface area (Å²) in [6.45, 7) is 2.97. The third-order valence-electron chi connectivity index (χ3n) is 3.96. The molecule has 2 saturated carbocycles. The third kappa shape index (κ3) is 2.55. The highest BCUT2D eigenvalue weighted by Gasteiger charge is 2.42. The predicted octanol–water partition coefficient (Wildman–Crippen LogP) is 2.57. The highest BCUT2D eigenvalue weighted by molar-refractivity contribution is 9.09. The minimum Gasteiger partial charge on any atom is -0.356 e. The number of halogens is 1. The first kappa shape index (κ1) is 11.4. The summed E-state index contributed by atoms with van der Waals surface area (Å²) in [6.07, 6.45) is 5.12. The lowest BCUT2D eigenvalue weighted by atomic mass is 9.88. The Bertz CT molecular complexity index is 244. The Morgan fingerprint density at radius 2 is 2.27 bits per heavy atom. The largest absolute Gasteiger partial charge is 0.356 e. The van der Waals surface area contributed by atoms with Crippen LogP contribution in [0.2, 0.25) is 0 Å². The van der Waals surface area contributed by atoms with Crippen LogP contribution in [0.5, 0.6) is 0 Å². The van der Waals surface area contributed by atoms with E-state index in [0.29, 0.717) is 23.7 Å². The molecule has 0 aromatic rings. The van der Waals surface area contributed by atoms with Gasteiger partial charge < -0.3 is 5.32 Å². The van der Waals surface area contributed by atoms with Crippen molar-refractivity contribution in [2.45, 2.75) is 32.6 Å². The molecule has 2 rings (SSSR count). The fraction of sp³-hybridized carbons (Fsp3) is 0.917. The van der Waals surface area contributed by atoms with Crippen LogP contribution in [0.15, 0.2) is 0 Å². The molecule has 2 fully saturated rings. The summed E-state index contributed by atoms with van der Waals surface area (Å²) in [7, 11) is 0. The monoisotopic (exact) mass is 273 g/mol. The van der Waals surface area contributed by atoms with Gasteiger partial charge in [-0.25, -0.2) is 0 Å². The van der Waals surface area contributed by atoms with Gasteiger partial charge in [-0.1, -0.05) is 29.3 Å². The van der Waals surface area contributed by atoms with Gasteiger partial charge in [-0.3, -0.25) is 4.79 Å². The minimum absolute atomic E-state index is 0.315. The smallest absolute Gasteiger partial charge is 0.223 e. The van der Waals surface area contributed by atoms with Crippen molar-refractivity contribution in [1.82, 2.24) is 5.32 Å². The van der Waals surface area contributed by atoms with E-state index in [9.17, 15) is 4.79 Å². The minimum atomic E-state index is 0.315. The van der Waals surface area contributed by atoms with E-state index in [-0.39, 0.29) is 0 Å². The Kier molecular flexibility index (Phi) is 3.70. The molecule has 2 nitrogen and oxygen atoms in total. The SMILES string of the molecule is CC(CBr)CNC(=O)C1CC2CCC1C2. The molecule has 4 atom stereocenters. The van der Waals surface area contributed by atoms with E-state index >= 15 is 0 Å². The number of nitrogens with one attached hydrogen (secondary N) is 1. The maximum absolute atomic E-state index is 11.9. The summed E-state index contributed by atoms with van der Waals surface area (Å²) in [4.78, 5) is 11.9. The molecule has 0 radical (unpaired) electrons. The van der Waals surface area contributed by atoms with E-state index in [0.717, 1.165) is 24.2 Å². The Hall–Kier alpha value is -0.0500. The number of alkyl halides is 1. The summed E-state index contributed by atoms with van der Waals surface area (Å²) < 4.78 is 0. The highest BCUT2D eigenvalue weighted by Crippen LogP contribution is 2.48. The molecule has 2 aliphatic carbocycles. The number of hydrogen-bond donors (Lipinski definition) is 1. The number of carbonyl (C=O) groups excluding carboxylic acids is 1. The van der Waals surface area contributed by atoms with Gasteiger partial charge in [-0.15, -0.1) is 0 Å². The van der Waals surface area contributed by atoms with Gasteiger partial charge >= 0.3 is 0 Å². The first-order chi connectivity index (χ1) is 7.20. The molecule has 0 saturated heterocycles. The van der Waals surface area contributed by atoms with E-state index < -0.39 is 0 Å². The first-order valence-corrected chi connectivity index (χ1v) is 7.16. The van der Waals surface area contributed by atoms with Gasteiger partial charge in [0, 0.05) is 17.8 Å². The standard InChI is InChI=1S/C12H20BrNO/c1-8(6-13)7-14-12(15)11-5-9-2-3-10(11)4-9/h8-11H,2-7H2,1H3,(H,14,15). The van der Waals surface area contributed by atoms with Gasteiger partial charge in [0.15, 0.2) is 0 Å². The van der Waals surface area contributed by atoms with Crippen molar-refractivity contribution in [3.8, 4) is 0 Å². The molecule has 0 heterocycles. The second kappa shape index (κ2) is 4.86. The molecule has 0 spiro atoms. The maximum atomic E-state index is 11.9. The Morgan fingerprint density at radius 1 is 1.47 bits per heavy atom. The molecule has 0 aromatic carbocycles. The highest BCUT2D eigenvalue weighted by atomic mass is 79.9. The van der Waals surface area contributed by atoms with Crippen LogP contribution in [0.1, 0.15) is 32.6 Å². The van der Waals surface area contributed by atoms with Crippen molar-refractivity contribution in [3.05, 3.63) is 0 Å². The van der Waals surface area contributed by atoms with E-state index in [2.05, 4.69) is 28.2 Å². The molecular weight excluding hydrogens is 254 g/mol. The quantitative estimate of drug-likeness (QED) is 0.784. The van der Waals surface area contributed by atoms with Gasteiger partial charge in [-0.05, 0) is 37.0 Å². The number of amides is 1. The average Bonchev–Trinajstić information content (AvgIpc) is 2.86. The molecule has 86 valence electrons. The maximum Gasteiger partial charge on any atom is 0.223 e. The van der Waals surface area contributed by atoms with Crippen molar-refractivity contribution in [3.63, 3.8) is 0 Å². The Balaban J connectivity index is 1.77. The molecule has 0 aromatic heterocycles. The number of carbonyl (C=O) groups is 1. The second-order valence-corrected chi connectivity index (χ2v) is 5.93. The van der Waals surface area contributed by atoms with E-state index in [1.54, 1.807) is 0 Å². The van der Waals surface area contributed by atoms with Gasteiger partial charge in [0.25, 0.3) is 0 Å². The molecule has 2 bridgehead atoms. The van der Waals surface area contributed by atoms with Crippen molar-refractivity contribution in [1.29, 1.82) is 0 Å².